The van der Waals surface area contributed by atoms with Gasteiger partial charge < -0.3 is 10.1 Å². The van der Waals surface area contributed by atoms with Crippen LogP contribution in [-0.4, -0.2) is 41.6 Å². The molecular weight excluding hydrogens is 300 g/mol. The Morgan fingerprint density at radius 2 is 1.75 bits per heavy atom. The van der Waals surface area contributed by atoms with E-state index in [-0.39, 0.29) is 5.91 Å². The zero-order valence-electron chi connectivity index (χ0n) is 14.5. The quantitative estimate of drug-likeness (QED) is 0.901. The molecule has 4 heteroatoms. The number of carbonyl (C=O) groups is 1. The fourth-order valence-corrected chi connectivity index (χ4v) is 4.64. The van der Waals surface area contributed by atoms with Gasteiger partial charge in [-0.3, -0.25) is 9.69 Å². The summed E-state index contributed by atoms with van der Waals surface area (Å²) in [4.78, 5) is 15.4. The molecule has 4 rings (SSSR count). The van der Waals surface area contributed by atoms with Crippen molar-refractivity contribution in [3.8, 4) is 5.75 Å². The lowest BCUT2D eigenvalue weighted by molar-refractivity contribution is 0.0175. The molecule has 0 radical (unpaired) electrons. The molecule has 0 aromatic heterocycles. The maximum absolute atomic E-state index is 12.6. The monoisotopic (exact) mass is 328 g/mol. The van der Waals surface area contributed by atoms with E-state index in [9.17, 15) is 4.79 Å². The van der Waals surface area contributed by atoms with Gasteiger partial charge >= 0.3 is 0 Å². The van der Waals surface area contributed by atoms with E-state index < -0.39 is 0 Å². The highest BCUT2D eigenvalue weighted by atomic mass is 16.5. The van der Waals surface area contributed by atoms with Gasteiger partial charge in [0.15, 0.2) is 0 Å². The van der Waals surface area contributed by atoms with Gasteiger partial charge in [0.05, 0.1) is 6.61 Å². The average Bonchev–Trinajstić information content (AvgIpc) is 3.40. The Morgan fingerprint density at radius 1 is 1.08 bits per heavy atom. The van der Waals surface area contributed by atoms with E-state index in [1.807, 2.05) is 31.2 Å². The first kappa shape index (κ1) is 15.9. The molecular formula is C20H28N2O2. The molecule has 2 atom stereocenters. The predicted molar refractivity (Wildman–Crippen MR) is 94.4 cm³/mol. The number of rotatable bonds is 5. The molecule has 1 aliphatic carbocycles. The third-order valence-corrected chi connectivity index (χ3v) is 5.76. The van der Waals surface area contributed by atoms with Crippen LogP contribution in [0.4, 0.5) is 0 Å². The molecule has 24 heavy (non-hydrogen) atoms. The van der Waals surface area contributed by atoms with Crippen molar-refractivity contribution in [1.82, 2.24) is 10.2 Å². The zero-order valence-corrected chi connectivity index (χ0v) is 14.5. The van der Waals surface area contributed by atoms with Crippen molar-refractivity contribution in [2.24, 2.45) is 0 Å². The summed E-state index contributed by atoms with van der Waals surface area (Å²) in [5.41, 5.74) is 0.730. The predicted octanol–water partition coefficient (Wildman–Crippen LogP) is 3.36. The van der Waals surface area contributed by atoms with E-state index in [1.54, 1.807) is 0 Å². The molecule has 3 aliphatic rings. The highest BCUT2D eigenvalue weighted by Crippen LogP contribution is 2.41. The highest BCUT2D eigenvalue weighted by molar-refractivity contribution is 5.94. The summed E-state index contributed by atoms with van der Waals surface area (Å²) in [6.45, 7) is 2.61. The maximum Gasteiger partial charge on any atom is 0.251 e. The molecule has 1 N–H and O–H groups in total. The lowest BCUT2D eigenvalue weighted by Gasteiger charge is -2.49. The Balaban J connectivity index is 1.37. The number of fused-ring (bicyclic) bond motifs is 2. The summed E-state index contributed by atoms with van der Waals surface area (Å²) >= 11 is 0. The standard InChI is InChI=1S/C20H28N2O2/c1-2-24-19-10-6-14(7-11-19)20(23)21-15-12-17-4-3-5-18(13-15)22(17)16-8-9-16/h6-7,10-11,15-18H,2-5,8-9,12-13H2,1H3,(H,21,23). The van der Waals surface area contributed by atoms with E-state index >= 15 is 0 Å². The van der Waals surface area contributed by atoms with E-state index in [0.29, 0.717) is 24.7 Å². The second kappa shape index (κ2) is 6.75. The van der Waals surface area contributed by atoms with Crippen molar-refractivity contribution < 1.29 is 9.53 Å². The van der Waals surface area contributed by atoms with E-state index in [1.165, 1.54) is 32.1 Å². The topological polar surface area (TPSA) is 41.6 Å². The Labute approximate surface area is 144 Å². The Kier molecular flexibility index (Phi) is 4.49. The van der Waals surface area contributed by atoms with Crippen molar-refractivity contribution in [2.75, 3.05) is 6.61 Å². The largest absolute Gasteiger partial charge is 0.494 e. The van der Waals surface area contributed by atoms with Crippen molar-refractivity contribution in [3.05, 3.63) is 29.8 Å². The third kappa shape index (κ3) is 3.30. The maximum atomic E-state index is 12.6. The summed E-state index contributed by atoms with van der Waals surface area (Å²) in [5.74, 6) is 0.877. The number of nitrogens with zero attached hydrogens (tertiary/aromatic N) is 1. The molecule has 3 fully saturated rings. The minimum Gasteiger partial charge on any atom is -0.494 e. The van der Waals surface area contributed by atoms with Crippen LogP contribution in [0.1, 0.15) is 62.2 Å². The van der Waals surface area contributed by atoms with Crippen LogP contribution < -0.4 is 10.1 Å². The fraction of sp³-hybridized carbons (Fsp3) is 0.650. The molecule has 2 saturated heterocycles. The van der Waals surface area contributed by atoms with Crippen LogP contribution in [0.2, 0.25) is 0 Å². The summed E-state index contributed by atoms with van der Waals surface area (Å²) in [6, 6.07) is 10.0. The Morgan fingerprint density at radius 3 is 2.33 bits per heavy atom. The SMILES string of the molecule is CCOc1ccc(C(=O)NC2CC3CCCC(C2)N3C2CC2)cc1. The highest BCUT2D eigenvalue weighted by Gasteiger charge is 2.45. The Hall–Kier alpha value is -1.55. The van der Waals surface area contributed by atoms with Crippen LogP contribution in [0.3, 0.4) is 0 Å². The molecule has 2 aliphatic heterocycles. The molecule has 1 aromatic rings. The number of hydrogen-bond acceptors (Lipinski definition) is 3. The summed E-state index contributed by atoms with van der Waals surface area (Å²) < 4.78 is 5.44. The van der Waals surface area contributed by atoms with Crippen LogP contribution in [0, 0.1) is 0 Å². The molecule has 130 valence electrons. The minimum atomic E-state index is 0.0565. The van der Waals surface area contributed by atoms with E-state index in [0.717, 1.165) is 30.2 Å². The number of ether oxygens (including phenoxy) is 1. The van der Waals surface area contributed by atoms with Crippen LogP contribution in [0.5, 0.6) is 5.75 Å². The number of benzene rings is 1. The van der Waals surface area contributed by atoms with Gasteiger partial charge in [-0.05, 0) is 69.7 Å². The first-order chi connectivity index (χ1) is 11.7. The second-order valence-electron chi connectivity index (χ2n) is 7.52. The van der Waals surface area contributed by atoms with Gasteiger partial charge in [-0.1, -0.05) is 6.42 Å². The lowest BCUT2D eigenvalue weighted by Crippen LogP contribution is -2.57. The lowest BCUT2D eigenvalue weighted by atomic mass is 9.81. The summed E-state index contributed by atoms with van der Waals surface area (Å²) in [5, 5.41) is 3.29. The van der Waals surface area contributed by atoms with Crippen LogP contribution in [0.25, 0.3) is 0 Å². The molecule has 1 amide bonds. The second-order valence-corrected chi connectivity index (χ2v) is 7.52. The number of nitrogens with one attached hydrogen (secondary N) is 1. The van der Waals surface area contributed by atoms with E-state index in [2.05, 4.69) is 10.2 Å². The molecule has 2 unspecified atom stereocenters. The van der Waals surface area contributed by atoms with Crippen molar-refractivity contribution in [2.45, 2.75) is 76.0 Å². The van der Waals surface area contributed by atoms with Crippen LogP contribution in [-0.2, 0) is 0 Å². The Bertz CT molecular complexity index is 568. The molecule has 0 spiro atoms. The first-order valence-electron chi connectivity index (χ1n) is 9.55. The van der Waals surface area contributed by atoms with Gasteiger partial charge in [-0.25, -0.2) is 0 Å². The fourth-order valence-electron chi connectivity index (χ4n) is 4.64. The number of carbonyl (C=O) groups excluding carboxylic acids is 1. The van der Waals surface area contributed by atoms with Gasteiger partial charge in [0.25, 0.3) is 5.91 Å². The van der Waals surface area contributed by atoms with Gasteiger partial charge in [-0.15, -0.1) is 0 Å². The molecule has 1 saturated carbocycles. The smallest absolute Gasteiger partial charge is 0.251 e. The van der Waals surface area contributed by atoms with E-state index in [4.69, 9.17) is 4.74 Å². The molecule has 1 aromatic carbocycles. The van der Waals surface area contributed by atoms with Crippen molar-refractivity contribution >= 4 is 5.91 Å². The zero-order chi connectivity index (χ0) is 16.5. The van der Waals surface area contributed by atoms with Crippen LogP contribution >= 0.6 is 0 Å². The first-order valence-corrected chi connectivity index (χ1v) is 9.55. The van der Waals surface area contributed by atoms with Crippen molar-refractivity contribution in [1.29, 1.82) is 0 Å². The third-order valence-electron chi connectivity index (χ3n) is 5.76. The van der Waals surface area contributed by atoms with Gasteiger partial charge in [0.1, 0.15) is 5.75 Å². The van der Waals surface area contributed by atoms with Crippen molar-refractivity contribution in [3.63, 3.8) is 0 Å². The molecule has 2 bridgehead atoms. The van der Waals surface area contributed by atoms with Crippen LogP contribution in [0.15, 0.2) is 24.3 Å². The van der Waals surface area contributed by atoms with Gasteiger partial charge in [0, 0.05) is 29.7 Å². The minimum absolute atomic E-state index is 0.0565. The number of amides is 1. The number of piperidine rings is 2. The summed E-state index contributed by atoms with van der Waals surface area (Å²) in [7, 11) is 0. The van der Waals surface area contributed by atoms with Gasteiger partial charge in [0.2, 0.25) is 0 Å². The normalized spacial score (nSPS) is 30.0. The summed E-state index contributed by atoms with van der Waals surface area (Å²) in [6.07, 6.45) is 8.99. The van der Waals surface area contributed by atoms with Gasteiger partial charge in [-0.2, -0.15) is 0 Å². The average molecular weight is 328 g/mol. The molecule has 4 nitrogen and oxygen atoms in total. The number of hydrogen-bond donors (Lipinski definition) is 1. The molecule has 2 heterocycles.